The van der Waals surface area contributed by atoms with Gasteiger partial charge in [0, 0.05) is 12.6 Å². The molecular formula is C14H15ClFN3. The van der Waals surface area contributed by atoms with E-state index in [2.05, 4.69) is 4.98 Å². The van der Waals surface area contributed by atoms with E-state index >= 15 is 0 Å². The monoisotopic (exact) mass is 279 g/mol. The van der Waals surface area contributed by atoms with Crippen LogP contribution in [0.3, 0.4) is 0 Å². The number of hydrogen-bond acceptors (Lipinski definition) is 3. The quantitative estimate of drug-likeness (QED) is 0.872. The third-order valence-corrected chi connectivity index (χ3v) is 3.35. The van der Waals surface area contributed by atoms with E-state index in [1.165, 1.54) is 6.07 Å². The molecule has 5 heteroatoms. The zero-order valence-electron chi connectivity index (χ0n) is 10.8. The number of benzene rings is 1. The molecule has 3 nitrogen and oxygen atoms in total. The number of nitrogen functional groups attached to an aromatic ring is 1. The normalized spacial score (nSPS) is 12.2. The van der Waals surface area contributed by atoms with Crippen molar-refractivity contribution in [2.45, 2.75) is 13.0 Å². The van der Waals surface area contributed by atoms with Gasteiger partial charge in [-0.3, -0.25) is 0 Å². The Balaban J connectivity index is 2.36. The van der Waals surface area contributed by atoms with Crippen LogP contribution < -0.4 is 10.6 Å². The number of anilines is 2. The fourth-order valence-corrected chi connectivity index (χ4v) is 2.07. The molecule has 0 saturated heterocycles. The number of hydrogen-bond donors (Lipinski definition) is 1. The van der Waals surface area contributed by atoms with Gasteiger partial charge in [-0.15, -0.1) is 0 Å². The molecule has 2 rings (SSSR count). The van der Waals surface area contributed by atoms with Crippen molar-refractivity contribution in [3.05, 3.63) is 52.9 Å². The van der Waals surface area contributed by atoms with E-state index < -0.39 is 0 Å². The summed E-state index contributed by atoms with van der Waals surface area (Å²) in [5.41, 5.74) is 6.99. The fourth-order valence-electron chi connectivity index (χ4n) is 1.92. The molecule has 1 atom stereocenters. The molecule has 0 aliphatic carbocycles. The highest BCUT2D eigenvalue weighted by Crippen LogP contribution is 2.30. The van der Waals surface area contributed by atoms with Crippen LogP contribution in [0.4, 0.5) is 15.9 Å². The van der Waals surface area contributed by atoms with Crippen LogP contribution >= 0.6 is 11.6 Å². The van der Waals surface area contributed by atoms with Crippen molar-refractivity contribution in [1.29, 1.82) is 0 Å². The third-order valence-electron chi connectivity index (χ3n) is 3.14. The highest BCUT2D eigenvalue weighted by molar-refractivity contribution is 6.29. The molecule has 0 saturated carbocycles. The first kappa shape index (κ1) is 13.6. The minimum Gasteiger partial charge on any atom is -0.396 e. The predicted octanol–water partition coefficient (Wildman–Crippen LogP) is 3.65. The lowest BCUT2D eigenvalue weighted by molar-refractivity contribution is 0.584. The van der Waals surface area contributed by atoms with Gasteiger partial charge in [0.05, 0.1) is 11.7 Å². The molecule has 0 aliphatic rings. The first-order valence-electron chi connectivity index (χ1n) is 5.90. The second-order valence-electron chi connectivity index (χ2n) is 4.36. The molecule has 0 amide bonds. The minimum absolute atomic E-state index is 0.200. The Kier molecular flexibility index (Phi) is 3.90. The van der Waals surface area contributed by atoms with E-state index in [0.29, 0.717) is 22.2 Å². The van der Waals surface area contributed by atoms with Crippen LogP contribution in [0.5, 0.6) is 0 Å². The van der Waals surface area contributed by atoms with E-state index in [1.807, 2.05) is 14.0 Å². The number of halogens is 2. The van der Waals surface area contributed by atoms with E-state index in [9.17, 15) is 4.39 Å². The molecule has 0 fully saturated rings. The Morgan fingerprint density at radius 2 is 1.95 bits per heavy atom. The van der Waals surface area contributed by atoms with E-state index in [1.54, 1.807) is 35.2 Å². The fraction of sp³-hybridized carbons (Fsp3) is 0.214. The summed E-state index contributed by atoms with van der Waals surface area (Å²) in [6, 6.07) is 9.77. The van der Waals surface area contributed by atoms with Gasteiger partial charge in [0.1, 0.15) is 11.0 Å². The molecule has 19 heavy (non-hydrogen) atoms. The lowest BCUT2D eigenvalue weighted by Gasteiger charge is -2.27. The summed E-state index contributed by atoms with van der Waals surface area (Å²) < 4.78 is 13.8. The second kappa shape index (κ2) is 5.45. The molecule has 0 bridgehead atoms. The third kappa shape index (κ3) is 2.79. The molecule has 1 aromatic heterocycles. The maximum Gasteiger partial charge on any atom is 0.153 e. The molecule has 1 unspecified atom stereocenters. The maximum atomic E-state index is 13.8. The Morgan fingerprint density at radius 3 is 2.63 bits per heavy atom. The predicted molar refractivity (Wildman–Crippen MR) is 76.9 cm³/mol. The first-order chi connectivity index (χ1) is 9.00. The average Bonchev–Trinajstić information content (AvgIpc) is 2.40. The van der Waals surface area contributed by atoms with Gasteiger partial charge in [0.25, 0.3) is 0 Å². The van der Waals surface area contributed by atoms with Crippen LogP contribution in [0.25, 0.3) is 0 Å². The van der Waals surface area contributed by atoms with Crippen molar-refractivity contribution in [2.75, 3.05) is 17.7 Å². The molecule has 0 aliphatic heterocycles. The van der Waals surface area contributed by atoms with Crippen LogP contribution in [0.2, 0.25) is 5.15 Å². The Bertz CT molecular complexity index is 589. The Hall–Kier alpha value is -1.81. The van der Waals surface area contributed by atoms with Crippen LogP contribution in [-0.2, 0) is 0 Å². The Morgan fingerprint density at radius 1 is 1.26 bits per heavy atom. The second-order valence-corrected chi connectivity index (χ2v) is 4.74. The average molecular weight is 280 g/mol. The highest BCUT2D eigenvalue weighted by atomic mass is 35.5. The van der Waals surface area contributed by atoms with Crippen molar-refractivity contribution in [3.8, 4) is 0 Å². The summed E-state index contributed by atoms with van der Waals surface area (Å²) in [6.45, 7) is 1.89. The van der Waals surface area contributed by atoms with Crippen LogP contribution in [0.1, 0.15) is 18.5 Å². The van der Waals surface area contributed by atoms with Crippen LogP contribution in [-0.4, -0.2) is 12.0 Å². The number of nitrogens with zero attached hydrogens (tertiary/aromatic N) is 2. The van der Waals surface area contributed by atoms with Gasteiger partial charge in [-0.05, 0) is 25.1 Å². The highest BCUT2D eigenvalue weighted by Gasteiger charge is 2.18. The largest absolute Gasteiger partial charge is 0.396 e. The molecular weight excluding hydrogens is 265 g/mol. The number of nitrogens with two attached hydrogens (primary N) is 1. The summed E-state index contributed by atoms with van der Waals surface area (Å²) in [6.07, 6.45) is 0. The summed E-state index contributed by atoms with van der Waals surface area (Å²) >= 11 is 5.88. The molecule has 0 radical (unpaired) electrons. The van der Waals surface area contributed by atoms with Gasteiger partial charge in [0.2, 0.25) is 0 Å². The number of aromatic nitrogens is 1. The van der Waals surface area contributed by atoms with Gasteiger partial charge in [-0.25, -0.2) is 9.37 Å². The standard InChI is InChI=1S/C14H15ClFN3/c1-9(10-5-3-4-6-11(10)16)19(2)14-12(17)7-8-13(15)18-14/h3-9H,17H2,1-2H3. The van der Waals surface area contributed by atoms with Crippen molar-refractivity contribution in [3.63, 3.8) is 0 Å². The maximum absolute atomic E-state index is 13.8. The van der Waals surface area contributed by atoms with Crippen LogP contribution in [0.15, 0.2) is 36.4 Å². The minimum atomic E-state index is -0.248. The summed E-state index contributed by atoms with van der Waals surface area (Å²) in [5.74, 6) is 0.297. The van der Waals surface area contributed by atoms with Crippen molar-refractivity contribution in [2.24, 2.45) is 0 Å². The lowest BCUT2D eigenvalue weighted by atomic mass is 10.1. The summed E-state index contributed by atoms with van der Waals surface area (Å²) in [4.78, 5) is 6.00. The smallest absolute Gasteiger partial charge is 0.153 e. The van der Waals surface area contributed by atoms with Crippen molar-refractivity contribution >= 4 is 23.1 Å². The topological polar surface area (TPSA) is 42.2 Å². The van der Waals surface area contributed by atoms with Gasteiger partial charge >= 0.3 is 0 Å². The molecule has 0 spiro atoms. The van der Waals surface area contributed by atoms with E-state index in [4.69, 9.17) is 17.3 Å². The van der Waals surface area contributed by atoms with E-state index in [-0.39, 0.29) is 11.9 Å². The molecule has 1 heterocycles. The number of pyridine rings is 1. The van der Waals surface area contributed by atoms with Crippen molar-refractivity contribution in [1.82, 2.24) is 4.98 Å². The van der Waals surface area contributed by atoms with Crippen LogP contribution in [0, 0.1) is 5.82 Å². The first-order valence-corrected chi connectivity index (χ1v) is 6.27. The molecule has 100 valence electrons. The molecule has 2 aromatic rings. The summed E-state index contributed by atoms with van der Waals surface area (Å²) in [7, 11) is 1.81. The van der Waals surface area contributed by atoms with Gasteiger partial charge in [-0.2, -0.15) is 0 Å². The zero-order chi connectivity index (χ0) is 14.0. The zero-order valence-corrected chi connectivity index (χ0v) is 11.5. The van der Waals surface area contributed by atoms with Gasteiger partial charge in [0.15, 0.2) is 5.82 Å². The van der Waals surface area contributed by atoms with Gasteiger partial charge in [-0.1, -0.05) is 29.8 Å². The molecule has 2 N–H and O–H groups in total. The summed E-state index contributed by atoms with van der Waals surface area (Å²) in [5, 5.41) is 0.358. The SMILES string of the molecule is CC(c1ccccc1F)N(C)c1nc(Cl)ccc1N. The Labute approximate surface area is 116 Å². The van der Waals surface area contributed by atoms with Gasteiger partial charge < -0.3 is 10.6 Å². The van der Waals surface area contributed by atoms with E-state index in [0.717, 1.165) is 0 Å². The van der Waals surface area contributed by atoms with Crippen molar-refractivity contribution < 1.29 is 4.39 Å². The lowest BCUT2D eigenvalue weighted by Crippen LogP contribution is -2.24. The number of rotatable bonds is 3. The molecule has 1 aromatic carbocycles.